The summed E-state index contributed by atoms with van der Waals surface area (Å²) >= 11 is 0. The van der Waals surface area contributed by atoms with Crippen LogP contribution < -0.4 is 5.32 Å². The van der Waals surface area contributed by atoms with E-state index >= 15 is 0 Å². The minimum Gasteiger partial charge on any atom is -0.478 e. The fourth-order valence-electron chi connectivity index (χ4n) is 0.399. The van der Waals surface area contributed by atoms with Gasteiger partial charge in [0.1, 0.15) is 0 Å². The van der Waals surface area contributed by atoms with Crippen molar-refractivity contribution >= 4 is 5.97 Å². The Hall–Kier alpha value is -1.25. The van der Waals surface area contributed by atoms with Crippen molar-refractivity contribution in [3.8, 4) is 0 Å². The minimum atomic E-state index is -0.939. The Morgan fingerprint density at radius 1 is 1.70 bits per heavy atom. The highest BCUT2D eigenvalue weighted by Crippen LogP contribution is 1.75. The van der Waals surface area contributed by atoms with E-state index in [0.717, 1.165) is 19.0 Å². The zero-order valence-corrected chi connectivity index (χ0v) is 5.71. The zero-order valence-electron chi connectivity index (χ0n) is 5.71. The molecule has 0 bridgehead atoms. The Bertz CT molecular complexity index is 141. The molecule has 10 heavy (non-hydrogen) atoms. The summed E-state index contributed by atoms with van der Waals surface area (Å²) in [4.78, 5) is 9.89. The summed E-state index contributed by atoms with van der Waals surface area (Å²) in [6, 6.07) is 0. The topological polar surface area (TPSA) is 49.3 Å². The first kappa shape index (κ1) is 8.75. The fourth-order valence-corrected chi connectivity index (χ4v) is 0.399. The molecular weight excluding hydrogens is 130 g/mol. The number of carboxylic acid groups (broad SMARTS) is 1. The molecule has 0 aliphatic rings. The van der Waals surface area contributed by atoms with Gasteiger partial charge in [-0.1, -0.05) is 6.08 Å². The summed E-state index contributed by atoms with van der Waals surface area (Å²) in [6.07, 6.45) is 5.07. The summed E-state index contributed by atoms with van der Waals surface area (Å²) in [6.45, 7) is 4.24. The van der Waals surface area contributed by atoms with Gasteiger partial charge in [-0.05, 0) is 6.42 Å². The predicted molar refractivity (Wildman–Crippen MR) is 39.6 cm³/mol. The summed E-state index contributed by atoms with van der Waals surface area (Å²) in [5.41, 5.74) is 0. The van der Waals surface area contributed by atoms with E-state index in [1.165, 1.54) is 6.20 Å². The highest BCUT2D eigenvalue weighted by Gasteiger charge is 1.82. The normalized spacial score (nSPS) is 9.60. The van der Waals surface area contributed by atoms with Gasteiger partial charge in [0, 0.05) is 18.8 Å². The second-order valence-corrected chi connectivity index (χ2v) is 1.70. The molecule has 2 N–H and O–H groups in total. The lowest BCUT2D eigenvalue weighted by Gasteiger charge is -1.92. The van der Waals surface area contributed by atoms with Gasteiger partial charge in [0.15, 0.2) is 0 Å². The first-order valence-electron chi connectivity index (χ1n) is 3.01. The molecule has 56 valence electrons. The SMILES string of the molecule is C=CCCN/C=C/C(=O)O. The Balaban J connectivity index is 3.18. The fraction of sp³-hybridized carbons (Fsp3) is 0.286. The van der Waals surface area contributed by atoms with Crippen LogP contribution in [0.25, 0.3) is 0 Å². The van der Waals surface area contributed by atoms with Crippen molar-refractivity contribution in [3.63, 3.8) is 0 Å². The van der Waals surface area contributed by atoms with E-state index in [1.807, 2.05) is 0 Å². The molecule has 3 nitrogen and oxygen atoms in total. The lowest BCUT2D eigenvalue weighted by Crippen LogP contribution is -2.06. The minimum absolute atomic E-state index is 0.729. The Morgan fingerprint density at radius 2 is 2.40 bits per heavy atom. The van der Waals surface area contributed by atoms with Gasteiger partial charge in [-0.2, -0.15) is 0 Å². The third-order valence-corrected chi connectivity index (χ3v) is 0.837. The van der Waals surface area contributed by atoms with Crippen LogP contribution in [0.2, 0.25) is 0 Å². The maximum atomic E-state index is 9.89. The van der Waals surface area contributed by atoms with Crippen molar-refractivity contribution in [1.82, 2.24) is 5.32 Å². The molecule has 0 saturated carbocycles. The number of hydrogen-bond donors (Lipinski definition) is 2. The molecule has 3 heteroatoms. The molecule has 0 aromatic carbocycles. The van der Waals surface area contributed by atoms with E-state index in [9.17, 15) is 4.79 Å². The average Bonchev–Trinajstić information content (AvgIpc) is 1.87. The van der Waals surface area contributed by atoms with E-state index in [0.29, 0.717) is 0 Å². The molecule has 0 rings (SSSR count). The third kappa shape index (κ3) is 6.75. The van der Waals surface area contributed by atoms with Crippen LogP contribution in [0.5, 0.6) is 0 Å². The quantitative estimate of drug-likeness (QED) is 0.337. The molecule has 0 aliphatic heterocycles. The van der Waals surface area contributed by atoms with Gasteiger partial charge >= 0.3 is 5.97 Å². The van der Waals surface area contributed by atoms with Crippen molar-refractivity contribution in [1.29, 1.82) is 0 Å². The van der Waals surface area contributed by atoms with E-state index in [-0.39, 0.29) is 0 Å². The molecular formula is C7H11NO2. The number of nitrogens with one attached hydrogen (secondary N) is 1. The van der Waals surface area contributed by atoms with E-state index in [2.05, 4.69) is 11.9 Å². The highest BCUT2D eigenvalue weighted by molar-refractivity contribution is 5.79. The van der Waals surface area contributed by atoms with Crippen molar-refractivity contribution < 1.29 is 9.90 Å². The lowest BCUT2D eigenvalue weighted by molar-refractivity contribution is -0.131. The number of hydrogen-bond acceptors (Lipinski definition) is 2. The zero-order chi connectivity index (χ0) is 7.82. The molecule has 0 fully saturated rings. The maximum Gasteiger partial charge on any atom is 0.329 e. The van der Waals surface area contributed by atoms with Gasteiger partial charge in [-0.3, -0.25) is 0 Å². The molecule has 0 aromatic heterocycles. The van der Waals surface area contributed by atoms with E-state index in [4.69, 9.17) is 5.11 Å². The number of aliphatic carboxylic acids is 1. The molecule has 0 aromatic rings. The first-order chi connectivity index (χ1) is 4.77. The Kier molecular flexibility index (Phi) is 5.14. The van der Waals surface area contributed by atoms with Gasteiger partial charge in [-0.15, -0.1) is 6.58 Å². The van der Waals surface area contributed by atoms with Crippen molar-refractivity contribution in [2.75, 3.05) is 6.54 Å². The molecule has 0 atom stereocenters. The molecule has 0 saturated heterocycles. The number of rotatable bonds is 5. The van der Waals surface area contributed by atoms with Crippen LogP contribution in [0.1, 0.15) is 6.42 Å². The standard InChI is InChI=1S/C7H11NO2/c1-2-3-5-8-6-4-7(9)10/h2,4,6,8H,1,3,5H2,(H,9,10)/b6-4+. The largest absolute Gasteiger partial charge is 0.478 e. The van der Waals surface area contributed by atoms with Gasteiger partial charge in [0.05, 0.1) is 0 Å². The summed E-state index contributed by atoms with van der Waals surface area (Å²) < 4.78 is 0. The molecule has 0 amide bonds. The highest BCUT2D eigenvalue weighted by atomic mass is 16.4. The predicted octanol–water partition coefficient (Wildman–Crippen LogP) is 0.750. The smallest absolute Gasteiger partial charge is 0.329 e. The van der Waals surface area contributed by atoms with Crippen LogP contribution in [-0.2, 0) is 4.79 Å². The molecule has 0 spiro atoms. The van der Waals surface area contributed by atoms with Gasteiger partial charge < -0.3 is 10.4 Å². The van der Waals surface area contributed by atoms with Gasteiger partial charge in [0.25, 0.3) is 0 Å². The van der Waals surface area contributed by atoms with Crippen LogP contribution in [0, 0.1) is 0 Å². The van der Waals surface area contributed by atoms with Crippen LogP contribution in [0.3, 0.4) is 0 Å². The average molecular weight is 141 g/mol. The second kappa shape index (κ2) is 5.88. The molecule has 0 aliphatic carbocycles. The Morgan fingerprint density at radius 3 is 2.90 bits per heavy atom. The molecule has 0 heterocycles. The van der Waals surface area contributed by atoms with Crippen LogP contribution in [0.4, 0.5) is 0 Å². The first-order valence-corrected chi connectivity index (χ1v) is 3.01. The number of carbonyl (C=O) groups is 1. The maximum absolute atomic E-state index is 9.89. The lowest BCUT2D eigenvalue weighted by atomic mass is 10.4. The van der Waals surface area contributed by atoms with Crippen molar-refractivity contribution in [3.05, 3.63) is 24.9 Å². The van der Waals surface area contributed by atoms with Crippen molar-refractivity contribution in [2.24, 2.45) is 0 Å². The second-order valence-electron chi connectivity index (χ2n) is 1.70. The molecule has 0 unspecified atom stereocenters. The summed E-state index contributed by atoms with van der Waals surface area (Å²) in [7, 11) is 0. The third-order valence-electron chi connectivity index (χ3n) is 0.837. The monoisotopic (exact) mass is 141 g/mol. The van der Waals surface area contributed by atoms with E-state index < -0.39 is 5.97 Å². The van der Waals surface area contributed by atoms with Gasteiger partial charge in [-0.25, -0.2) is 4.79 Å². The number of carboxylic acids is 1. The van der Waals surface area contributed by atoms with Crippen LogP contribution in [0.15, 0.2) is 24.9 Å². The summed E-state index contributed by atoms with van der Waals surface area (Å²) in [5, 5.41) is 10.9. The Labute approximate surface area is 60.1 Å². The molecule has 0 radical (unpaired) electrons. The van der Waals surface area contributed by atoms with E-state index in [1.54, 1.807) is 6.08 Å². The van der Waals surface area contributed by atoms with Crippen LogP contribution in [-0.4, -0.2) is 17.6 Å². The van der Waals surface area contributed by atoms with Crippen molar-refractivity contribution in [2.45, 2.75) is 6.42 Å². The van der Waals surface area contributed by atoms with Gasteiger partial charge in [0.2, 0.25) is 0 Å². The summed E-state index contributed by atoms with van der Waals surface area (Å²) in [5.74, 6) is -0.939. The van der Waals surface area contributed by atoms with Crippen LogP contribution >= 0.6 is 0 Å².